The average molecular weight is 256 g/mol. The summed E-state index contributed by atoms with van der Waals surface area (Å²) in [6, 6.07) is 0.400. The Morgan fingerprint density at radius 2 is 2.28 bits per heavy atom. The zero-order valence-electron chi connectivity index (χ0n) is 9.92. The molecular weight excluding hydrogens is 240 g/mol. The molecule has 0 bridgehead atoms. The molecule has 0 radical (unpaired) electrons. The van der Waals surface area contributed by atoms with Crippen molar-refractivity contribution in [2.45, 2.75) is 44.7 Å². The number of nitrogens with one attached hydrogen (secondary N) is 1. The summed E-state index contributed by atoms with van der Waals surface area (Å²) in [4.78, 5) is 10.7. The molecule has 0 spiro atoms. The number of hydrogen-bond acceptors (Lipinski definition) is 6. The van der Waals surface area contributed by atoms with Gasteiger partial charge in [-0.05, 0) is 17.7 Å². The molecule has 1 aromatic heterocycles. The first-order valence-electron chi connectivity index (χ1n) is 5.96. The van der Waals surface area contributed by atoms with Crippen LogP contribution in [0.15, 0.2) is 4.63 Å². The van der Waals surface area contributed by atoms with Gasteiger partial charge in [0.2, 0.25) is 0 Å². The molecule has 1 saturated carbocycles. The normalized spacial score (nSPS) is 16.7. The zero-order valence-corrected chi connectivity index (χ0v) is 9.92. The van der Waals surface area contributed by atoms with Crippen LogP contribution in [0.5, 0.6) is 5.88 Å². The third kappa shape index (κ3) is 3.10. The Labute approximate surface area is 104 Å². The molecule has 100 valence electrons. The summed E-state index contributed by atoms with van der Waals surface area (Å²) in [6.07, 6.45) is 4.79. The van der Waals surface area contributed by atoms with Crippen molar-refractivity contribution >= 4 is 6.09 Å². The molecule has 0 atom stereocenters. The Morgan fingerprint density at radius 1 is 1.56 bits per heavy atom. The lowest BCUT2D eigenvalue weighted by Gasteiger charge is -2.21. The lowest BCUT2D eigenvalue weighted by atomic mass is 9.95. The number of amides is 1. The van der Waals surface area contributed by atoms with Crippen molar-refractivity contribution in [3.63, 3.8) is 0 Å². The number of aromatic nitrogens is 2. The van der Waals surface area contributed by atoms with E-state index >= 15 is 0 Å². The van der Waals surface area contributed by atoms with Gasteiger partial charge in [-0.15, -0.1) is 0 Å². The molecule has 8 nitrogen and oxygen atoms in total. The topological polar surface area (TPSA) is 117 Å². The van der Waals surface area contributed by atoms with Gasteiger partial charge >= 0.3 is 12.0 Å². The molecular formula is C10H16N4O4. The van der Waals surface area contributed by atoms with Crippen molar-refractivity contribution in [3.8, 4) is 5.88 Å². The highest BCUT2D eigenvalue weighted by atomic mass is 16.8. The predicted octanol–water partition coefficient (Wildman–Crippen LogP) is 0.188. The van der Waals surface area contributed by atoms with E-state index in [4.69, 9.17) is 5.73 Å². The fourth-order valence-corrected chi connectivity index (χ4v) is 2.11. The first-order valence-corrected chi connectivity index (χ1v) is 5.96. The van der Waals surface area contributed by atoms with Gasteiger partial charge in [-0.1, -0.05) is 19.3 Å². The molecule has 0 unspecified atom stereocenters. The van der Waals surface area contributed by atoms with Crippen molar-refractivity contribution in [2.24, 2.45) is 5.73 Å². The summed E-state index contributed by atoms with van der Waals surface area (Å²) in [6.45, 7) is 0.312. The minimum Gasteiger partial charge on any atom is -0.367 e. The van der Waals surface area contributed by atoms with Crippen LogP contribution in [0.3, 0.4) is 0 Å². The van der Waals surface area contributed by atoms with Gasteiger partial charge in [0.1, 0.15) is 0 Å². The third-order valence-corrected chi connectivity index (χ3v) is 3.00. The third-order valence-electron chi connectivity index (χ3n) is 3.00. The Morgan fingerprint density at radius 3 is 2.94 bits per heavy atom. The summed E-state index contributed by atoms with van der Waals surface area (Å²) in [5.41, 5.74) is 5.10. The van der Waals surface area contributed by atoms with E-state index in [1.165, 1.54) is 19.3 Å². The Bertz CT molecular complexity index is 414. The van der Waals surface area contributed by atoms with Crippen LogP contribution in [0, 0.1) is 5.21 Å². The number of rotatable bonds is 4. The van der Waals surface area contributed by atoms with Gasteiger partial charge in [0.05, 0.1) is 6.54 Å². The van der Waals surface area contributed by atoms with Crippen LogP contribution < -0.4 is 20.7 Å². The molecule has 0 aromatic carbocycles. The number of primary amides is 1. The molecule has 1 aliphatic rings. The second-order valence-corrected chi connectivity index (χ2v) is 4.32. The summed E-state index contributed by atoms with van der Waals surface area (Å²) < 4.78 is 8.92. The second-order valence-electron chi connectivity index (χ2n) is 4.32. The van der Waals surface area contributed by atoms with Gasteiger partial charge in [0.15, 0.2) is 0 Å². The number of hydrogen-bond donors (Lipinski definition) is 2. The quantitative estimate of drug-likeness (QED) is 0.742. The largest absolute Gasteiger partial charge is 0.412 e. The fraction of sp³-hybridized carbons (Fsp3) is 0.700. The van der Waals surface area contributed by atoms with Crippen LogP contribution in [0.4, 0.5) is 4.79 Å². The minimum atomic E-state index is -1.07. The Balaban J connectivity index is 1.93. The molecule has 1 fully saturated rings. The van der Waals surface area contributed by atoms with Gasteiger partial charge in [-0.2, -0.15) is 0 Å². The molecule has 1 aromatic rings. The fourth-order valence-electron chi connectivity index (χ4n) is 2.11. The maximum absolute atomic E-state index is 11.2. The molecule has 1 amide bonds. The molecule has 3 N–H and O–H groups in total. The van der Waals surface area contributed by atoms with Gasteiger partial charge in [0, 0.05) is 11.2 Å². The summed E-state index contributed by atoms with van der Waals surface area (Å²) in [5.74, 6) is -0.300. The Kier molecular flexibility index (Phi) is 3.98. The highest BCUT2D eigenvalue weighted by Crippen LogP contribution is 2.18. The molecule has 0 aliphatic heterocycles. The number of ether oxygens (including phenoxy) is 1. The van der Waals surface area contributed by atoms with Crippen LogP contribution in [-0.4, -0.2) is 17.3 Å². The highest BCUT2D eigenvalue weighted by Gasteiger charge is 2.24. The predicted molar refractivity (Wildman–Crippen MR) is 59.4 cm³/mol. The van der Waals surface area contributed by atoms with E-state index in [0.29, 0.717) is 12.6 Å². The maximum Gasteiger partial charge on any atom is 0.412 e. The number of carbonyl (C=O) groups excluding carboxylic acids is 1. The SMILES string of the molecule is NC(=O)Oc1c(CNC2CCCCC2)no[n+]1[O-]. The first-order chi connectivity index (χ1) is 8.66. The van der Waals surface area contributed by atoms with Gasteiger partial charge in [-0.3, -0.25) is 4.63 Å². The van der Waals surface area contributed by atoms with Crippen molar-refractivity contribution in [3.05, 3.63) is 10.9 Å². The molecule has 0 saturated heterocycles. The van der Waals surface area contributed by atoms with Gasteiger partial charge in [-0.25, -0.2) is 4.79 Å². The van der Waals surface area contributed by atoms with Crippen LogP contribution in [0.25, 0.3) is 0 Å². The summed E-state index contributed by atoms with van der Waals surface area (Å²) >= 11 is 0. The van der Waals surface area contributed by atoms with Crippen LogP contribution >= 0.6 is 0 Å². The van der Waals surface area contributed by atoms with Crippen LogP contribution in [0.2, 0.25) is 0 Å². The van der Waals surface area contributed by atoms with Crippen molar-refractivity contribution in [1.29, 1.82) is 0 Å². The maximum atomic E-state index is 11.2. The van der Waals surface area contributed by atoms with E-state index < -0.39 is 6.09 Å². The molecule has 8 heteroatoms. The Hall–Kier alpha value is -1.83. The zero-order chi connectivity index (χ0) is 13.0. The van der Waals surface area contributed by atoms with Crippen molar-refractivity contribution < 1.29 is 19.1 Å². The van der Waals surface area contributed by atoms with Crippen molar-refractivity contribution in [2.75, 3.05) is 0 Å². The molecule has 18 heavy (non-hydrogen) atoms. The monoisotopic (exact) mass is 256 g/mol. The summed E-state index contributed by atoms with van der Waals surface area (Å²) in [7, 11) is 0. The first kappa shape index (κ1) is 12.6. The van der Waals surface area contributed by atoms with Gasteiger partial charge < -0.3 is 21.0 Å². The lowest BCUT2D eigenvalue weighted by molar-refractivity contribution is -0.804. The van der Waals surface area contributed by atoms with Crippen molar-refractivity contribution in [1.82, 2.24) is 10.5 Å². The number of nitrogens with two attached hydrogens (primary N) is 1. The smallest absolute Gasteiger partial charge is 0.367 e. The van der Waals surface area contributed by atoms with E-state index in [0.717, 1.165) is 12.8 Å². The molecule has 1 heterocycles. The van der Waals surface area contributed by atoms with E-state index in [9.17, 15) is 10.0 Å². The van der Waals surface area contributed by atoms with Gasteiger partial charge in [0.25, 0.3) is 5.69 Å². The number of carbonyl (C=O) groups is 1. The van der Waals surface area contributed by atoms with Crippen LogP contribution in [-0.2, 0) is 6.54 Å². The highest BCUT2D eigenvalue weighted by molar-refractivity contribution is 5.67. The lowest BCUT2D eigenvalue weighted by Crippen LogP contribution is -2.33. The van der Waals surface area contributed by atoms with E-state index in [1.807, 2.05) is 0 Å². The number of nitrogens with zero attached hydrogens (tertiary/aromatic N) is 2. The molecule has 1 aliphatic carbocycles. The van der Waals surface area contributed by atoms with E-state index in [2.05, 4.69) is 19.8 Å². The van der Waals surface area contributed by atoms with E-state index in [-0.39, 0.29) is 16.5 Å². The summed E-state index contributed by atoms with van der Waals surface area (Å²) in [5, 5.41) is 17.9. The molecule has 2 rings (SSSR count). The average Bonchev–Trinajstić information content (AvgIpc) is 2.69. The van der Waals surface area contributed by atoms with E-state index in [1.54, 1.807) is 0 Å². The standard InChI is InChI=1S/C10H16N4O4/c11-10(15)17-9-8(13-18-14(9)16)6-12-7-4-2-1-3-5-7/h7,12H,1-6H2,(H2,11,15). The minimum absolute atomic E-state index is 0.0304. The second kappa shape index (κ2) is 5.67. The van der Waals surface area contributed by atoms with Crippen LogP contribution in [0.1, 0.15) is 37.8 Å².